The Hall–Kier alpha value is -0.860. The molecule has 2 aliphatic rings. The van der Waals surface area contributed by atoms with Crippen molar-refractivity contribution in [2.45, 2.75) is 38.3 Å². The van der Waals surface area contributed by atoms with Crippen LogP contribution in [0, 0.1) is 5.92 Å². The van der Waals surface area contributed by atoms with Crippen molar-refractivity contribution < 1.29 is 0 Å². The van der Waals surface area contributed by atoms with Gasteiger partial charge < -0.3 is 5.32 Å². The first-order valence-corrected chi connectivity index (χ1v) is 7.35. The summed E-state index contributed by atoms with van der Waals surface area (Å²) in [5, 5.41) is 3.68. The molecule has 2 atom stereocenters. The van der Waals surface area contributed by atoms with E-state index in [-0.39, 0.29) is 0 Å². The lowest BCUT2D eigenvalue weighted by molar-refractivity contribution is 0.0971. The summed E-state index contributed by atoms with van der Waals surface area (Å²) in [7, 11) is 0. The van der Waals surface area contributed by atoms with Crippen molar-refractivity contribution in [3.05, 3.63) is 35.9 Å². The first-order valence-electron chi connectivity index (χ1n) is 7.35. The summed E-state index contributed by atoms with van der Waals surface area (Å²) in [5.41, 5.74) is 1.43. The fraction of sp³-hybridized carbons (Fsp3) is 0.625. The maximum absolute atomic E-state index is 3.68. The highest BCUT2D eigenvalue weighted by Gasteiger charge is 2.29. The maximum atomic E-state index is 3.68. The summed E-state index contributed by atoms with van der Waals surface area (Å²) < 4.78 is 0. The minimum atomic E-state index is 0.516. The molecule has 1 saturated carbocycles. The van der Waals surface area contributed by atoms with Crippen LogP contribution in [0.15, 0.2) is 30.3 Å². The summed E-state index contributed by atoms with van der Waals surface area (Å²) in [6, 6.07) is 12.1. The van der Waals surface area contributed by atoms with Crippen molar-refractivity contribution in [1.29, 1.82) is 0 Å². The largest absolute Gasteiger partial charge is 0.307 e. The first kappa shape index (κ1) is 12.2. The van der Waals surface area contributed by atoms with Crippen LogP contribution in [0.3, 0.4) is 0 Å². The van der Waals surface area contributed by atoms with Crippen molar-refractivity contribution in [2.75, 3.05) is 19.6 Å². The molecule has 1 aliphatic heterocycles. The molecule has 2 nitrogen and oxygen atoms in total. The number of benzene rings is 1. The van der Waals surface area contributed by atoms with Gasteiger partial charge in [0.1, 0.15) is 0 Å². The molecule has 0 aromatic heterocycles. The summed E-state index contributed by atoms with van der Waals surface area (Å²) in [6.07, 6.45) is 4.35. The molecule has 0 radical (unpaired) electrons. The zero-order valence-corrected chi connectivity index (χ0v) is 11.3. The topological polar surface area (TPSA) is 15.3 Å². The van der Waals surface area contributed by atoms with Crippen LogP contribution in [0.2, 0.25) is 0 Å². The molecule has 98 valence electrons. The lowest BCUT2D eigenvalue weighted by Crippen LogP contribution is -2.53. The molecule has 1 heterocycles. The Labute approximate surface area is 110 Å². The summed E-state index contributed by atoms with van der Waals surface area (Å²) in [6.45, 7) is 5.95. The third kappa shape index (κ3) is 2.60. The van der Waals surface area contributed by atoms with Gasteiger partial charge in [-0.2, -0.15) is 0 Å². The third-order valence-electron chi connectivity index (χ3n) is 4.62. The summed E-state index contributed by atoms with van der Waals surface area (Å²) >= 11 is 0. The fourth-order valence-electron chi connectivity index (χ4n) is 3.09. The third-order valence-corrected chi connectivity index (χ3v) is 4.62. The van der Waals surface area contributed by atoms with E-state index in [2.05, 4.69) is 47.5 Å². The van der Waals surface area contributed by atoms with Crippen molar-refractivity contribution >= 4 is 0 Å². The number of nitrogens with zero attached hydrogens (tertiary/aromatic N) is 1. The number of nitrogens with one attached hydrogen (secondary N) is 1. The van der Waals surface area contributed by atoms with E-state index in [1.165, 1.54) is 37.9 Å². The van der Waals surface area contributed by atoms with Gasteiger partial charge in [-0.3, -0.25) is 4.90 Å². The Morgan fingerprint density at radius 2 is 2.00 bits per heavy atom. The van der Waals surface area contributed by atoms with Crippen LogP contribution in [0.5, 0.6) is 0 Å². The van der Waals surface area contributed by atoms with E-state index in [1.807, 2.05) is 0 Å². The number of rotatable bonds is 3. The summed E-state index contributed by atoms with van der Waals surface area (Å²) in [5.74, 6) is 0.974. The molecule has 1 aliphatic carbocycles. The Morgan fingerprint density at radius 3 is 2.67 bits per heavy atom. The van der Waals surface area contributed by atoms with Gasteiger partial charge in [0, 0.05) is 31.7 Å². The standard InChI is InChI=1S/C16H24N2/c1-13-10-17-16(15-8-3-2-4-9-15)12-18(13)11-14-6-5-7-14/h2-4,8-9,13-14,16-17H,5-7,10-12H2,1H3. The van der Waals surface area contributed by atoms with Crippen LogP contribution in [-0.2, 0) is 0 Å². The van der Waals surface area contributed by atoms with Crippen molar-refractivity contribution in [2.24, 2.45) is 5.92 Å². The van der Waals surface area contributed by atoms with E-state index >= 15 is 0 Å². The molecule has 3 rings (SSSR count). The van der Waals surface area contributed by atoms with Crippen LogP contribution < -0.4 is 5.32 Å². The van der Waals surface area contributed by atoms with Crippen molar-refractivity contribution in [1.82, 2.24) is 10.2 Å². The van der Waals surface area contributed by atoms with Crippen molar-refractivity contribution in [3.8, 4) is 0 Å². The lowest BCUT2D eigenvalue weighted by Gasteiger charge is -2.42. The van der Waals surface area contributed by atoms with Gasteiger partial charge >= 0.3 is 0 Å². The van der Waals surface area contributed by atoms with E-state index in [0.717, 1.165) is 12.5 Å². The Kier molecular flexibility index (Phi) is 3.67. The van der Waals surface area contributed by atoms with E-state index in [4.69, 9.17) is 0 Å². The van der Waals surface area contributed by atoms with Gasteiger partial charge in [0.05, 0.1) is 0 Å². The van der Waals surface area contributed by atoms with Gasteiger partial charge in [-0.05, 0) is 31.2 Å². The number of hydrogen-bond donors (Lipinski definition) is 1. The minimum Gasteiger partial charge on any atom is -0.307 e. The van der Waals surface area contributed by atoms with E-state index in [1.54, 1.807) is 0 Å². The van der Waals surface area contributed by atoms with Crippen LogP contribution in [-0.4, -0.2) is 30.6 Å². The lowest BCUT2D eigenvalue weighted by atomic mass is 9.84. The molecule has 0 amide bonds. The predicted molar refractivity (Wildman–Crippen MR) is 75.6 cm³/mol. The first-order chi connectivity index (χ1) is 8.83. The molecule has 1 aromatic rings. The Balaban J connectivity index is 1.64. The van der Waals surface area contributed by atoms with Crippen LogP contribution in [0.1, 0.15) is 37.8 Å². The van der Waals surface area contributed by atoms with Gasteiger partial charge in [0.2, 0.25) is 0 Å². The van der Waals surface area contributed by atoms with Gasteiger partial charge in [-0.1, -0.05) is 36.8 Å². The molecule has 18 heavy (non-hydrogen) atoms. The predicted octanol–water partition coefficient (Wildman–Crippen LogP) is 2.82. The SMILES string of the molecule is CC1CNC(c2ccccc2)CN1CC1CCC1. The average molecular weight is 244 g/mol. The Morgan fingerprint density at radius 1 is 1.22 bits per heavy atom. The van der Waals surface area contributed by atoms with E-state index in [0.29, 0.717) is 12.1 Å². The highest BCUT2D eigenvalue weighted by Crippen LogP contribution is 2.29. The highest BCUT2D eigenvalue weighted by molar-refractivity contribution is 5.20. The molecule has 2 fully saturated rings. The second-order valence-electron chi connectivity index (χ2n) is 5.97. The van der Waals surface area contributed by atoms with Crippen LogP contribution in [0.4, 0.5) is 0 Å². The minimum absolute atomic E-state index is 0.516. The number of piperazine rings is 1. The molecular weight excluding hydrogens is 220 g/mol. The smallest absolute Gasteiger partial charge is 0.0449 e. The molecule has 2 heteroatoms. The second-order valence-corrected chi connectivity index (χ2v) is 5.97. The number of hydrogen-bond acceptors (Lipinski definition) is 2. The zero-order valence-electron chi connectivity index (χ0n) is 11.3. The molecule has 1 saturated heterocycles. The monoisotopic (exact) mass is 244 g/mol. The van der Waals surface area contributed by atoms with E-state index < -0.39 is 0 Å². The quantitative estimate of drug-likeness (QED) is 0.879. The molecule has 0 spiro atoms. The second kappa shape index (κ2) is 5.41. The normalized spacial score (nSPS) is 30.1. The van der Waals surface area contributed by atoms with Gasteiger partial charge in [0.15, 0.2) is 0 Å². The fourth-order valence-corrected chi connectivity index (χ4v) is 3.09. The van der Waals surface area contributed by atoms with Gasteiger partial charge in [0.25, 0.3) is 0 Å². The molecule has 2 unspecified atom stereocenters. The van der Waals surface area contributed by atoms with E-state index in [9.17, 15) is 0 Å². The molecule has 1 N–H and O–H groups in total. The van der Waals surface area contributed by atoms with Crippen LogP contribution in [0.25, 0.3) is 0 Å². The summed E-state index contributed by atoms with van der Waals surface area (Å²) in [4.78, 5) is 2.69. The molecule has 0 bridgehead atoms. The maximum Gasteiger partial charge on any atom is 0.0449 e. The Bertz CT molecular complexity index is 372. The van der Waals surface area contributed by atoms with Gasteiger partial charge in [-0.25, -0.2) is 0 Å². The van der Waals surface area contributed by atoms with Crippen LogP contribution >= 0.6 is 0 Å². The molecule has 1 aromatic carbocycles. The van der Waals surface area contributed by atoms with Gasteiger partial charge in [-0.15, -0.1) is 0 Å². The average Bonchev–Trinajstić information content (AvgIpc) is 2.37. The van der Waals surface area contributed by atoms with Crippen molar-refractivity contribution in [3.63, 3.8) is 0 Å². The highest BCUT2D eigenvalue weighted by atomic mass is 15.2. The zero-order chi connectivity index (χ0) is 12.4. The molecular formula is C16H24N2.